The number of hydrogen-bond acceptors (Lipinski definition) is 4. The number of hydrogen-bond donors (Lipinski definition) is 1. The number of aromatic nitrogens is 1. The number of halogens is 1. The fraction of sp³-hybridized carbons (Fsp3) is 0.333. The molecule has 1 saturated heterocycles. The lowest BCUT2D eigenvalue weighted by molar-refractivity contribution is 0.102. The van der Waals surface area contributed by atoms with Crippen LogP contribution in [0.5, 0.6) is 0 Å². The summed E-state index contributed by atoms with van der Waals surface area (Å²) in [5.74, 6) is -1.37. The van der Waals surface area contributed by atoms with Gasteiger partial charge in [0, 0.05) is 24.8 Å². The van der Waals surface area contributed by atoms with Gasteiger partial charge in [0.05, 0.1) is 11.9 Å². The highest BCUT2D eigenvalue weighted by Gasteiger charge is 2.29. The largest absolute Gasteiger partial charge is 0.320 e. The van der Waals surface area contributed by atoms with Crippen molar-refractivity contribution in [2.45, 2.75) is 31.1 Å². The van der Waals surface area contributed by atoms with Crippen LogP contribution in [-0.2, 0) is 10.0 Å². The molecular formula is C18H20FN3O3S. The van der Waals surface area contributed by atoms with Gasteiger partial charge in [-0.1, -0.05) is 6.42 Å². The summed E-state index contributed by atoms with van der Waals surface area (Å²) in [5.41, 5.74) is 1.41. The van der Waals surface area contributed by atoms with E-state index in [0.29, 0.717) is 18.8 Å². The molecule has 2 aromatic rings. The second-order valence-electron chi connectivity index (χ2n) is 6.25. The maximum atomic E-state index is 14.2. The molecule has 8 heteroatoms. The standard InChI is InChI=1S/C18H20FN3O3S/c1-13-7-8-20-12-16(13)21-18(23)14-5-6-15(19)17(11-14)26(24,25)22-9-3-2-4-10-22/h5-8,11-12H,2-4,9-10H2,1H3,(H,21,23). The third-order valence-electron chi connectivity index (χ3n) is 4.41. The summed E-state index contributed by atoms with van der Waals surface area (Å²) in [5, 5.41) is 2.67. The summed E-state index contributed by atoms with van der Waals surface area (Å²) in [4.78, 5) is 15.9. The fourth-order valence-corrected chi connectivity index (χ4v) is 4.48. The number of pyridine rings is 1. The van der Waals surface area contributed by atoms with Gasteiger partial charge in [-0.2, -0.15) is 4.31 Å². The van der Waals surface area contributed by atoms with Gasteiger partial charge in [-0.25, -0.2) is 12.8 Å². The molecule has 0 bridgehead atoms. The molecule has 0 aliphatic carbocycles. The first-order valence-electron chi connectivity index (χ1n) is 8.41. The first kappa shape index (κ1) is 18.5. The zero-order valence-electron chi connectivity index (χ0n) is 14.4. The molecule has 1 aromatic heterocycles. The zero-order valence-corrected chi connectivity index (χ0v) is 15.2. The SMILES string of the molecule is Cc1ccncc1NC(=O)c1ccc(F)c(S(=O)(=O)N2CCCCC2)c1. The quantitative estimate of drug-likeness (QED) is 0.888. The maximum Gasteiger partial charge on any atom is 0.255 e. The lowest BCUT2D eigenvalue weighted by Crippen LogP contribution is -2.36. The second-order valence-corrected chi connectivity index (χ2v) is 8.16. The van der Waals surface area contributed by atoms with Crippen molar-refractivity contribution in [2.24, 2.45) is 0 Å². The lowest BCUT2D eigenvalue weighted by Gasteiger charge is -2.26. The Kier molecular flexibility index (Phi) is 5.33. The molecule has 1 aliphatic heterocycles. The minimum absolute atomic E-state index is 0.0743. The van der Waals surface area contributed by atoms with Crippen LogP contribution in [0.4, 0.5) is 10.1 Å². The zero-order chi connectivity index (χ0) is 18.7. The highest BCUT2D eigenvalue weighted by atomic mass is 32.2. The average molecular weight is 377 g/mol. The van der Waals surface area contributed by atoms with Gasteiger partial charge < -0.3 is 5.32 Å². The van der Waals surface area contributed by atoms with Crippen LogP contribution in [0.3, 0.4) is 0 Å². The van der Waals surface area contributed by atoms with Crippen LogP contribution in [0.1, 0.15) is 35.2 Å². The van der Waals surface area contributed by atoms with E-state index >= 15 is 0 Å². The van der Waals surface area contributed by atoms with Crippen LogP contribution >= 0.6 is 0 Å². The molecule has 26 heavy (non-hydrogen) atoms. The smallest absolute Gasteiger partial charge is 0.255 e. The van der Waals surface area contributed by atoms with Crippen LogP contribution in [0.2, 0.25) is 0 Å². The number of sulfonamides is 1. The average Bonchev–Trinajstić information content (AvgIpc) is 2.64. The summed E-state index contributed by atoms with van der Waals surface area (Å²) < 4.78 is 41.0. The van der Waals surface area contributed by atoms with Crippen LogP contribution < -0.4 is 5.32 Å². The number of carbonyl (C=O) groups excluding carboxylic acids is 1. The summed E-state index contributed by atoms with van der Waals surface area (Å²) >= 11 is 0. The molecule has 1 aliphatic rings. The lowest BCUT2D eigenvalue weighted by atomic mass is 10.2. The highest BCUT2D eigenvalue weighted by molar-refractivity contribution is 7.89. The van der Waals surface area contributed by atoms with E-state index in [1.807, 2.05) is 6.92 Å². The number of rotatable bonds is 4. The summed E-state index contributed by atoms with van der Waals surface area (Å²) in [7, 11) is -3.96. The van der Waals surface area contributed by atoms with Gasteiger partial charge in [-0.15, -0.1) is 0 Å². The van der Waals surface area contributed by atoms with E-state index in [1.54, 1.807) is 12.3 Å². The predicted octanol–water partition coefficient (Wildman–Crippen LogP) is 2.96. The molecule has 0 atom stereocenters. The summed E-state index contributed by atoms with van der Waals surface area (Å²) in [6.45, 7) is 2.55. The van der Waals surface area contributed by atoms with E-state index in [9.17, 15) is 17.6 Å². The van der Waals surface area contributed by atoms with Crippen molar-refractivity contribution in [3.05, 3.63) is 53.6 Å². The number of piperidine rings is 1. The number of aryl methyl sites for hydroxylation is 1. The number of benzene rings is 1. The van der Waals surface area contributed by atoms with Crippen molar-refractivity contribution in [3.8, 4) is 0 Å². The van der Waals surface area contributed by atoms with Gasteiger partial charge in [0.1, 0.15) is 10.7 Å². The van der Waals surface area contributed by atoms with Gasteiger partial charge in [-0.3, -0.25) is 9.78 Å². The van der Waals surface area contributed by atoms with E-state index in [-0.39, 0.29) is 5.56 Å². The van der Waals surface area contributed by atoms with Gasteiger partial charge >= 0.3 is 0 Å². The Morgan fingerprint density at radius 1 is 1.19 bits per heavy atom. The molecule has 0 spiro atoms. The number of nitrogens with one attached hydrogen (secondary N) is 1. The molecule has 1 aromatic carbocycles. The molecule has 0 saturated carbocycles. The third-order valence-corrected chi connectivity index (χ3v) is 6.33. The Bertz CT molecular complexity index is 925. The van der Waals surface area contributed by atoms with Crippen molar-refractivity contribution in [3.63, 3.8) is 0 Å². The van der Waals surface area contributed by atoms with E-state index in [1.165, 1.54) is 16.6 Å². The second kappa shape index (κ2) is 7.51. The Morgan fingerprint density at radius 3 is 2.62 bits per heavy atom. The van der Waals surface area contributed by atoms with E-state index in [2.05, 4.69) is 10.3 Å². The van der Waals surface area contributed by atoms with E-state index in [4.69, 9.17) is 0 Å². The molecule has 0 radical (unpaired) electrons. The minimum atomic E-state index is -3.96. The maximum absolute atomic E-state index is 14.2. The van der Waals surface area contributed by atoms with Gasteiger partial charge in [0.25, 0.3) is 5.91 Å². The minimum Gasteiger partial charge on any atom is -0.320 e. The Morgan fingerprint density at radius 2 is 1.92 bits per heavy atom. The van der Waals surface area contributed by atoms with Crippen molar-refractivity contribution in [1.29, 1.82) is 0 Å². The molecule has 6 nitrogen and oxygen atoms in total. The number of amides is 1. The van der Waals surface area contributed by atoms with Gasteiger partial charge in [-0.05, 0) is 49.6 Å². The van der Waals surface area contributed by atoms with Crippen LogP contribution in [0, 0.1) is 12.7 Å². The van der Waals surface area contributed by atoms with Crippen molar-refractivity contribution in [2.75, 3.05) is 18.4 Å². The molecule has 2 heterocycles. The molecule has 0 unspecified atom stereocenters. The topological polar surface area (TPSA) is 79.4 Å². The molecule has 3 rings (SSSR count). The molecule has 1 fully saturated rings. The van der Waals surface area contributed by atoms with E-state index < -0.39 is 26.6 Å². The number of anilines is 1. The molecule has 1 amide bonds. The first-order valence-corrected chi connectivity index (χ1v) is 9.85. The Labute approximate surface area is 152 Å². The molecule has 1 N–H and O–H groups in total. The summed E-state index contributed by atoms with van der Waals surface area (Å²) in [6, 6.07) is 5.13. The van der Waals surface area contributed by atoms with Crippen LogP contribution in [0.25, 0.3) is 0 Å². The van der Waals surface area contributed by atoms with Crippen LogP contribution in [-0.4, -0.2) is 36.7 Å². The molecule has 138 valence electrons. The van der Waals surface area contributed by atoms with Gasteiger partial charge in [0.15, 0.2) is 0 Å². The Balaban J connectivity index is 1.90. The monoisotopic (exact) mass is 377 g/mol. The highest BCUT2D eigenvalue weighted by Crippen LogP contribution is 2.24. The Hall–Kier alpha value is -2.32. The van der Waals surface area contributed by atoms with Crippen molar-refractivity contribution in [1.82, 2.24) is 9.29 Å². The normalized spacial score (nSPS) is 15.6. The first-order chi connectivity index (χ1) is 12.4. The van der Waals surface area contributed by atoms with Crippen molar-refractivity contribution >= 4 is 21.6 Å². The number of carbonyl (C=O) groups is 1. The van der Waals surface area contributed by atoms with Crippen LogP contribution in [0.15, 0.2) is 41.6 Å². The fourth-order valence-electron chi connectivity index (χ4n) is 2.88. The van der Waals surface area contributed by atoms with Gasteiger partial charge in [0.2, 0.25) is 10.0 Å². The van der Waals surface area contributed by atoms with E-state index in [0.717, 1.165) is 37.0 Å². The third kappa shape index (κ3) is 3.76. The molecular weight excluding hydrogens is 357 g/mol. The van der Waals surface area contributed by atoms with Crippen molar-refractivity contribution < 1.29 is 17.6 Å². The summed E-state index contributed by atoms with van der Waals surface area (Å²) in [6.07, 6.45) is 5.57. The predicted molar refractivity (Wildman–Crippen MR) is 95.9 cm³/mol. The number of nitrogens with zero attached hydrogens (tertiary/aromatic N) is 2.